The van der Waals surface area contributed by atoms with E-state index in [2.05, 4.69) is 13.8 Å². The topological polar surface area (TPSA) is 46.3 Å². The number of carbonyl (C=O) groups is 1. The molecule has 1 unspecified atom stereocenters. The van der Waals surface area contributed by atoms with Crippen LogP contribution in [0.15, 0.2) is 0 Å². The minimum Gasteiger partial charge on any atom is -0.339 e. The Balaban J connectivity index is 2.63. The van der Waals surface area contributed by atoms with Crippen LogP contribution in [0.3, 0.4) is 0 Å². The molecule has 3 nitrogen and oxygen atoms in total. The van der Waals surface area contributed by atoms with Gasteiger partial charge in [0, 0.05) is 25.0 Å². The summed E-state index contributed by atoms with van der Waals surface area (Å²) in [5, 5.41) is 0. The van der Waals surface area contributed by atoms with E-state index in [1.807, 2.05) is 20.9 Å². The van der Waals surface area contributed by atoms with Gasteiger partial charge in [-0.25, -0.2) is 0 Å². The molecule has 0 radical (unpaired) electrons. The molecule has 1 saturated carbocycles. The molecule has 0 bridgehead atoms. The van der Waals surface area contributed by atoms with Crippen LogP contribution in [0, 0.1) is 11.3 Å². The second-order valence-electron chi connectivity index (χ2n) is 5.66. The van der Waals surface area contributed by atoms with Crippen molar-refractivity contribution in [3.63, 3.8) is 0 Å². The Morgan fingerprint density at radius 2 is 2.00 bits per heavy atom. The number of hydrogen-bond acceptors (Lipinski definition) is 2. The lowest BCUT2D eigenvalue weighted by Gasteiger charge is -2.35. The second kappa shape index (κ2) is 3.23. The third kappa shape index (κ3) is 1.92. The summed E-state index contributed by atoms with van der Waals surface area (Å²) in [4.78, 5) is 13.8. The third-order valence-electron chi connectivity index (χ3n) is 3.55. The van der Waals surface area contributed by atoms with E-state index in [1.54, 1.807) is 4.90 Å². The first-order valence-corrected chi connectivity index (χ1v) is 5.20. The van der Waals surface area contributed by atoms with Crippen LogP contribution in [0.5, 0.6) is 0 Å². The monoisotopic (exact) mass is 198 g/mol. The molecule has 0 spiro atoms. The van der Waals surface area contributed by atoms with Gasteiger partial charge < -0.3 is 10.6 Å². The van der Waals surface area contributed by atoms with Crippen molar-refractivity contribution < 1.29 is 4.79 Å². The minimum atomic E-state index is -0.226. The lowest BCUT2D eigenvalue weighted by atomic mass is 10.0. The van der Waals surface area contributed by atoms with Gasteiger partial charge in [-0.15, -0.1) is 0 Å². The number of carbonyl (C=O) groups excluding carboxylic acids is 1. The smallest absolute Gasteiger partial charge is 0.226 e. The molecule has 82 valence electrons. The van der Waals surface area contributed by atoms with Crippen molar-refractivity contribution >= 4 is 5.91 Å². The highest BCUT2D eigenvalue weighted by Crippen LogP contribution is 2.52. The molecule has 1 amide bonds. The molecule has 1 atom stereocenters. The molecule has 1 aliphatic carbocycles. The van der Waals surface area contributed by atoms with Crippen LogP contribution in [0.4, 0.5) is 0 Å². The lowest BCUT2D eigenvalue weighted by molar-refractivity contribution is -0.136. The summed E-state index contributed by atoms with van der Waals surface area (Å²) in [5.41, 5.74) is 5.62. The van der Waals surface area contributed by atoms with Gasteiger partial charge in [-0.05, 0) is 25.7 Å². The van der Waals surface area contributed by atoms with Crippen LogP contribution in [0.2, 0.25) is 0 Å². The fourth-order valence-electron chi connectivity index (χ4n) is 1.56. The SMILES string of the molecule is CN(C(=O)C1CC1(C)C)C(C)(C)CN. The first kappa shape index (κ1) is 11.5. The van der Waals surface area contributed by atoms with Gasteiger partial charge in [0.1, 0.15) is 0 Å². The van der Waals surface area contributed by atoms with E-state index >= 15 is 0 Å². The first-order chi connectivity index (χ1) is 6.22. The lowest BCUT2D eigenvalue weighted by Crippen LogP contribution is -2.50. The highest BCUT2D eigenvalue weighted by atomic mass is 16.2. The van der Waals surface area contributed by atoms with E-state index < -0.39 is 0 Å². The summed E-state index contributed by atoms with van der Waals surface area (Å²) < 4.78 is 0. The zero-order valence-electron chi connectivity index (χ0n) is 9.92. The zero-order chi connectivity index (χ0) is 11.1. The van der Waals surface area contributed by atoms with Crippen LogP contribution >= 0.6 is 0 Å². The summed E-state index contributed by atoms with van der Waals surface area (Å²) in [6, 6.07) is 0. The Morgan fingerprint density at radius 3 is 2.29 bits per heavy atom. The molecule has 1 aliphatic rings. The molecular formula is C11H22N2O. The average Bonchev–Trinajstić information content (AvgIpc) is 2.72. The largest absolute Gasteiger partial charge is 0.339 e. The Bertz CT molecular complexity index is 246. The van der Waals surface area contributed by atoms with Crippen LogP contribution in [0.25, 0.3) is 0 Å². The molecule has 1 rings (SSSR count). The van der Waals surface area contributed by atoms with Crippen molar-refractivity contribution in [2.75, 3.05) is 13.6 Å². The van der Waals surface area contributed by atoms with Gasteiger partial charge in [0.15, 0.2) is 0 Å². The van der Waals surface area contributed by atoms with Crippen LogP contribution in [-0.2, 0) is 4.79 Å². The van der Waals surface area contributed by atoms with Crippen molar-refractivity contribution in [1.82, 2.24) is 4.90 Å². The molecule has 0 aromatic rings. The molecule has 3 heteroatoms. The third-order valence-corrected chi connectivity index (χ3v) is 3.55. The highest BCUT2D eigenvalue weighted by Gasteiger charge is 2.52. The molecule has 14 heavy (non-hydrogen) atoms. The van der Waals surface area contributed by atoms with Gasteiger partial charge >= 0.3 is 0 Å². The summed E-state index contributed by atoms with van der Waals surface area (Å²) >= 11 is 0. The van der Waals surface area contributed by atoms with E-state index in [1.165, 1.54) is 0 Å². The predicted molar refractivity (Wildman–Crippen MR) is 57.8 cm³/mol. The standard InChI is InChI=1S/C11H22N2O/c1-10(2)6-8(10)9(14)13(5)11(3,4)7-12/h8H,6-7,12H2,1-5H3. The molecule has 2 N–H and O–H groups in total. The predicted octanol–water partition coefficient (Wildman–Crippen LogP) is 1.23. The van der Waals surface area contributed by atoms with Crippen LogP contribution in [-0.4, -0.2) is 29.9 Å². The number of likely N-dealkylation sites (N-methyl/N-ethyl adjacent to an activating group) is 1. The zero-order valence-corrected chi connectivity index (χ0v) is 9.92. The first-order valence-electron chi connectivity index (χ1n) is 5.20. The number of rotatable bonds is 3. The number of nitrogens with two attached hydrogens (primary N) is 1. The molecular weight excluding hydrogens is 176 g/mol. The van der Waals surface area contributed by atoms with Gasteiger partial charge in [-0.1, -0.05) is 13.8 Å². The quantitative estimate of drug-likeness (QED) is 0.741. The molecule has 0 heterocycles. The number of nitrogens with zero attached hydrogens (tertiary/aromatic N) is 1. The van der Waals surface area contributed by atoms with Gasteiger partial charge in [-0.3, -0.25) is 4.79 Å². The maximum Gasteiger partial charge on any atom is 0.226 e. The van der Waals surface area contributed by atoms with E-state index in [4.69, 9.17) is 5.73 Å². The molecule has 0 saturated heterocycles. The van der Waals surface area contributed by atoms with Crippen LogP contribution in [0.1, 0.15) is 34.1 Å². The maximum absolute atomic E-state index is 12.0. The van der Waals surface area contributed by atoms with E-state index in [-0.39, 0.29) is 22.8 Å². The Kier molecular flexibility index (Phi) is 2.65. The molecule has 1 fully saturated rings. The van der Waals surface area contributed by atoms with E-state index in [0.717, 1.165) is 6.42 Å². The molecule has 0 aliphatic heterocycles. The van der Waals surface area contributed by atoms with Gasteiger partial charge in [0.25, 0.3) is 0 Å². The maximum atomic E-state index is 12.0. The highest BCUT2D eigenvalue weighted by molar-refractivity contribution is 5.82. The van der Waals surface area contributed by atoms with Gasteiger partial charge in [0.05, 0.1) is 0 Å². The Labute approximate surface area is 86.6 Å². The summed E-state index contributed by atoms with van der Waals surface area (Å²) in [5.74, 6) is 0.448. The molecule has 0 aromatic heterocycles. The Morgan fingerprint density at radius 1 is 1.57 bits per heavy atom. The van der Waals surface area contributed by atoms with Crippen molar-refractivity contribution in [1.29, 1.82) is 0 Å². The van der Waals surface area contributed by atoms with Crippen LogP contribution < -0.4 is 5.73 Å². The number of amides is 1. The fraction of sp³-hybridized carbons (Fsp3) is 0.909. The average molecular weight is 198 g/mol. The van der Waals surface area contributed by atoms with Crippen molar-refractivity contribution in [3.05, 3.63) is 0 Å². The van der Waals surface area contributed by atoms with Crippen molar-refractivity contribution in [3.8, 4) is 0 Å². The van der Waals surface area contributed by atoms with Crippen molar-refractivity contribution in [2.45, 2.75) is 39.7 Å². The minimum absolute atomic E-state index is 0.204. The summed E-state index contributed by atoms with van der Waals surface area (Å²) in [6.07, 6.45) is 1.01. The van der Waals surface area contributed by atoms with Crippen molar-refractivity contribution in [2.24, 2.45) is 17.1 Å². The van der Waals surface area contributed by atoms with E-state index in [9.17, 15) is 4.79 Å². The number of hydrogen-bond donors (Lipinski definition) is 1. The van der Waals surface area contributed by atoms with Gasteiger partial charge in [-0.2, -0.15) is 0 Å². The fourth-order valence-corrected chi connectivity index (χ4v) is 1.56. The van der Waals surface area contributed by atoms with E-state index in [0.29, 0.717) is 6.54 Å². The molecule has 0 aromatic carbocycles. The summed E-state index contributed by atoms with van der Waals surface area (Å²) in [6.45, 7) is 8.78. The summed E-state index contributed by atoms with van der Waals surface area (Å²) in [7, 11) is 1.85. The Hall–Kier alpha value is -0.570. The van der Waals surface area contributed by atoms with Gasteiger partial charge in [0.2, 0.25) is 5.91 Å². The second-order valence-corrected chi connectivity index (χ2v) is 5.66. The normalized spacial score (nSPS) is 24.6.